The van der Waals surface area contributed by atoms with Crippen LogP contribution in [0.3, 0.4) is 0 Å². The Morgan fingerprint density at radius 1 is 0.379 bits per heavy atom. The largest absolute Gasteiger partial charge is 0.462 e. The average molecular weight is 807 g/mol. The number of allylic oxidation sites excluding steroid dienone is 14. The number of hydrogen-bond donors (Lipinski definition) is 0. The van der Waals surface area contributed by atoms with Gasteiger partial charge in [0.25, 0.3) is 0 Å². The number of esters is 3. The van der Waals surface area contributed by atoms with E-state index in [4.69, 9.17) is 14.2 Å². The van der Waals surface area contributed by atoms with Gasteiger partial charge in [-0.1, -0.05) is 196 Å². The molecule has 0 fully saturated rings. The molecule has 1 atom stereocenters. The van der Waals surface area contributed by atoms with Crippen molar-refractivity contribution in [2.45, 2.75) is 213 Å². The minimum Gasteiger partial charge on any atom is -0.462 e. The van der Waals surface area contributed by atoms with Crippen LogP contribution in [0.4, 0.5) is 0 Å². The van der Waals surface area contributed by atoms with Crippen molar-refractivity contribution in [1.29, 1.82) is 0 Å². The van der Waals surface area contributed by atoms with Gasteiger partial charge in [0, 0.05) is 19.3 Å². The van der Waals surface area contributed by atoms with Crippen molar-refractivity contribution >= 4 is 17.9 Å². The van der Waals surface area contributed by atoms with Crippen LogP contribution in [-0.2, 0) is 28.6 Å². The minimum atomic E-state index is -0.809. The lowest BCUT2D eigenvalue weighted by Gasteiger charge is -2.18. The molecule has 6 nitrogen and oxygen atoms in total. The Morgan fingerprint density at radius 3 is 1.26 bits per heavy atom. The van der Waals surface area contributed by atoms with Gasteiger partial charge in [0.15, 0.2) is 6.10 Å². The van der Waals surface area contributed by atoms with Gasteiger partial charge in [-0.15, -0.1) is 0 Å². The van der Waals surface area contributed by atoms with Gasteiger partial charge in [-0.3, -0.25) is 14.4 Å². The van der Waals surface area contributed by atoms with Crippen molar-refractivity contribution in [2.24, 2.45) is 0 Å². The van der Waals surface area contributed by atoms with Crippen molar-refractivity contribution in [3.63, 3.8) is 0 Å². The Balaban J connectivity index is 4.50. The zero-order valence-electron chi connectivity index (χ0n) is 37.5. The number of ether oxygens (including phenoxy) is 3. The van der Waals surface area contributed by atoms with Crippen LogP contribution in [0.25, 0.3) is 0 Å². The van der Waals surface area contributed by atoms with E-state index >= 15 is 0 Å². The summed E-state index contributed by atoms with van der Waals surface area (Å²) in [6.07, 6.45) is 58.6. The Bertz CT molecular complexity index is 1160. The topological polar surface area (TPSA) is 78.9 Å². The van der Waals surface area contributed by atoms with Crippen molar-refractivity contribution in [2.75, 3.05) is 13.2 Å². The fraction of sp³-hybridized carbons (Fsp3) is 0.673. The Labute approximate surface area is 356 Å². The van der Waals surface area contributed by atoms with E-state index in [1.165, 1.54) is 77.0 Å². The van der Waals surface area contributed by atoms with E-state index in [1.54, 1.807) is 0 Å². The summed E-state index contributed by atoms with van der Waals surface area (Å²) in [6, 6.07) is 0. The second kappa shape index (κ2) is 46.3. The molecule has 0 aliphatic rings. The second-order valence-corrected chi connectivity index (χ2v) is 15.3. The van der Waals surface area contributed by atoms with E-state index in [9.17, 15) is 14.4 Å². The fourth-order valence-corrected chi connectivity index (χ4v) is 6.13. The summed E-state index contributed by atoms with van der Waals surface area (Å²) >= 11 is 0. The molecule has 0 aromatic rings. The predicted molar refractivity (Wildman–Crippen MR) is 247 cm³/mol. The molecule has 0 saturated heterocycles. The molecule has 0 aromatic carbocycles. The highest BCUT2D eigenvalue weighted by Gasteiger charge is 2.19. The summed E-state index contributed by atoms with van der Waals surface area (Å²) in [6.45, 7) is 6.38. The Morgan fingerprint density at radius 2 is 0.759 bits per heavy atom. The average Bonchev–Trinajstić information content (AvgIpc) is 3.22. The zero-order valence-corrected chi connectivity index (χ0v) is 37.5. The van der Waals surface area contributed by atoms with Crippen LogP contribution in [0.1, 0.15) is 207 Å². The molecule has 0 amide bonds. The smallest absolute Gasteiger partial charge is 0.306 e. The van der Waals surface area contributed by atoms with Gasteiger partial charge in [0.2, 0.25) is 0 Å². The summed E-state index contributed by atoms with van der Waals surface area (Å²) in [5.74, 6) is -1.01. The maximum Gasteiger partial charge on any atom is 0.306 e. The van der Waals surface area contributed by atoms with Crippen molar-refractivity contribution < 1.29 is 28.6 Å². The van der Waals surface area contributed by atoms with Gasteiger partial charge in [-0.25, -0.2) is 0 Å². The molecule has 58 heavy (non-hydrogen) atoms. The minimum absolute atomic E-state index is 0.104. The van der Waals surface area contributed by atoms with E-state index in [-0.39, 0.29) is 37.5 Å². The van der Waals surface area contributed by atoms with Gasteiger partial charge in [0.05, 0.1) is 0 Å². The highest BCUT2D eigenvalue weighted by molar-refractivity contribution is 5.71. The van der Waals surface area contributed by atoms with E-state index in [1.807, 2.05) is 12.2 Å². The molecular formula is C52H86O6. The Hall–Kier alpha value is -3.41. The highest BCUT2D eigenvalue weighted by Crippen LogP contribution is 2.13. The number of rotatable bonds is 41. The van der Waals surface area contributed by atoms with Crippen molar-refractivity contribution in [1.82, 2.24) is 0 Å². The summed E-state index contributed by atoms with van der Waals surface area (Å²) in [5.41, 5.74) is 0. The normalized spacial score (nSPS) is 12.8. The molecule has 0 bridgehead atoms. The first kappa shape index (κ1) is 54.6. The summed E-state index contributed by atoms with van der Waals surface area (Å²) in [5, 5.41) is 0. The van der Waals surface area contributed by atoms with Crippen LogP contribution in [0.2, 0.25) is 0 Å². The van der Waals surface area contributed by atoms with Crippen LogP contribution in [0.15, 0.2) is 85.1 Å². The molecule has 330 valence electrons. The number of unbranched alkanes of at least 4 members (excludes halogenated alkanes) is 17. The molecule has 0 heterocycles. The molecule has 0 aliphatic heterocycles. The van der Waals surface area contributed by atoms with Gasteiger partial charge in [-0.05, 0) is 77.0 Å². The van der Waals surface area contributed by atoms with Gasteiger partial charge < -0.3 is 14.2 Å². The lowest BCUT2D eigenvalue weighted by molar-refractivity contribution is -0.166. The van der Waals surface area contributed by atoms with Crippen LogP contribution >= 0.6 is 0 Å². The van der Waals surface area contributed by atoms with Crippen LogP contribution in [0.5, 0.6) is 0 Å². The monoisotopic (exact) mass is 807 g/mol. The third-order valence-corrected chi connectivity index (χ3v) is 9.68. The van der Waals surface area contributed by atoms with E-state index in [0.717, 1.165) is 83.5 Å². The summed E-state index contributed by atoms with van der Waals surface area (Å²) in [7, 11) is 0. The molecule has 6 heteroatoms. The van der Waals surface area contributed by atoms with Crippen molar-refractivity contribution in [3.05, 3.63) is 85.1 Å². The van der Waals surface area contributed by atoms with Crippen LogP contribution in [0, 0.1) is 0 Å². The zero-order chi connectivity index (χ0) is 42.3. The number of carbonyl (C=O) groups is 3. The first-order valence-electron chi connectivity index (χ1n) is 23.6. The number of hydrogen-bond acceptors (Lipinski definition) is 6. The van der Waals surface area contributed by atoms with Crippen LogP contribution in [-0.4, -0.2) is 37.2 Å². The molecule has 0 saturated carbocycles. The Kier molecular flexibility index (Phi) is 43.6. The quantitative estimate of drug-likeness (QED) is 0.0201. The first-order valence-corrected chi connectivity index (χ1v) is 23.6. The van der Waals surface area contributed by atoms with Gasteiger partial charge in [-0.2, -0.15) is 0 Å². The molecular weight excluding hydrogens is 721 g/mol. The number of carbonyl (C=O) groups excluding carboxylic acids is 3. The van der Waals surface area contributed by atoms with Gasteiger partial charge in [0.1, 0.15) is 13.2 Å². The maximum atomic E-state index is 12.7. The van der Waals surface area contributed by atoms with E-state index in [2.05, 4.69) is 93.7 Å². The molecule has 0 aromatic heterocycles. The van der Waals surface area contributed by atoms with E-state index < -0.39 is 6.10 Å². The van der Waals surface area contributed by atoms with Gasteiger partial charge >= 0.3 is 17.9 Å². The maximum absolute atomic E-state index is 12.7. The predicted octanol–water partition coefficient (Wildman–Crippen LogP) is 15.3. The summed E-state index contributed by atoms with van der Waals surface area (Å²) in [4.78, 5) is 37.7. The SMILES string of the molecule is CC/C=C\C/C=C\C/C=C\C/C=C\C/C=C\CCC(=O)OCC(COC(=O)CCCCCCCCCCC)OC(=O)CCCCCCCC/C=C\C=C/CCCCC. The molecule has 0 spiro atoms. The van der Waals surface area contributed by atoms with E-state index in [0.29, 0.717) is 19.3 Å². The first-order chi connectivity index (χ1) is 28.5. The molecule has 1 unspecified atom stereocenters. The molecule has 0 aliphatic carbocycles. The highest BCUT2D eigenvalue weighted by atomic mass is 16.6. The fourth-order valence-electron chi connectivity index (χ4n) is 6.13. The molecule has 0 N–H and O–H groups in total. The summed E-state index contributed by atoms with van der Waals surface area (Å²) < 4.78 is 16.6. The standard InChI is InChI=1S/C52H86O6/c1-4-7-10-13-16-19-21-23-25-27-28-30-33-36-39-42-45-51(54)57-48-49(47-56-50(53)44-41-38-35-32-18-15-12-9-6-3)58-52(55)46-43-40-37-34-31-29-26-24-22-20-17-14-11-8-5-2/h7,10,16-17,19-20,22-25,28,30,36,39,49H,4-6,8-9,11-15,18,21,26-27,29,31-35,37-38,40-48H2,1-3H3/b10-7-,19-16-,20-17-,24-22-,25-23-,30-28-,39-36-. The molecule has 0 rings (SSSR count). The third-order valence-electron chi connectivity index (χ3n) is 9.68. The second-order valence-electron chi connectivity index (χ2n) is 15.3. The van der Waals surface area contributed by atoms with Crippen molar-refractivity contribution in [3.8, 4) is 0 Å². The lowest BCUT2D eigenvalue weighted by atomic mass is 10.1. The third kappa shape index (κ3) is 43.7. The lowest BCUT2D eigenvalue weighted by Crippen LogP contribution is -2.30. The van der Waals surface area contributed by atoms with Crippen LogP contribution < -0.4 is 0 Å². The molecule has 0 radical (unpaired) electrons.